The zero-order chi connectivity index (χ0) is 14.1. The summed E-state index contributed by atoms with van der Waals surface area (Å²) in [6.07, 6.45) is 3.50. The van der Waals surface area contributed by atoms with Crippen LogP contribution in [0.4, 0.5) is 17.1 Å². The van der Waals surface area contributed by atoms with Crippen molar-refractivity contribution in [2.24, 2.45) is 0 Å². The van der Waals surface area contributed by atoms with Gasteiger partial charge in [-0.2, -0.15) is 0 Å². The highest BCUT2D eigenvalue weighted by Crippen LogP contribution is 2.33. The summed E-state index contributed by atoms with van der Waals surface area (Å²) in [4.78, 5) is 4.08. The molecule has 3 N–H and O–H groups in total. The number of halogens is 2. The number of hydrogen-bond donors (Lipinski definition) is 2. The topological polar surface area (TPSA) is 50.9 Å². The maximum atomic E-state index is 6.19. The summed E-state index contributed by atoms with van der Waals surface area (Å²) in [5.41, 5.74) is 8.35. The van der Waals surface area contributed by atoms with Gasteiger partial charge in [0.05, 0.1) is 22.1 Å². The molecule has 0 radical (unpaired) electrons. The molecule has 1 heterocycles. The van der Waals surface area contributed by atoms with E-state index in [-0.39, 0.29) is 0 Å². The Morgan fingerprint density at radius 3 is 2.70 bits per heavy atom. The average Bonchev–Trinajstić information content (AvgIpc) is 2.46. The Balaban J connectivity index is 2.07. The normalized spacial score (nSPS) is 10.7. The predicted molar refractivity (Wildman–Crippen MR) is 85.9 cm³/mol. The van der Waals surface area contributed by atoms with Gasteiger partial charge < -0.3 is 11.1 Å². The van der Waals surface area contributed by atoms with Gasteiger partial charge in [-0.1, -0.05) is 29.3 Å². The van der Waals surface area contributed by atoms with E-state index in [9.17, 15) is 0 Å². The van der Waals surface area contributed by atoms with E-state index in [2.05, 4.69) is 10.3 Å². The van der Waals surface area contributed by atoms with Crippen LogP contribution >= 0.6 is 23.2 Å². The third-order valence-electron chi connectivity index (χ3n) is 3.06. The number of nitrogen functional groups attached to an aromatic ring is 1. The van der Waals surface area contributed by atoms with Gasteiger partial charge in [-0.15, -0.1) is 0 Å². The SMILES string of the molecule is Nc1c(Nc2cc(Cl)ccc2Cl)ccc2cnccc12. The molecule has 20 heavy (non-hydrogen) atoms. The van der Waals surface area contributed by atoms with Crippen LogP contribution in [0.3, 0.4) is 0 Å². The van der Waals surface area contributed by atoms with Crippen molar-refractivity contribution in [3.8, 4) is 0 Å². The second kappa shape index (κ2) is 5.19. The minimum Gasteiger partial charge on any atom is -0.397 e. The molecular weight excluding hydrogens is 293 g/mol. The summed E-state index contributed by atoms with van der Waals surface area (Å²) in [7, 11) is 0. The van der Waals surface area contributed by atoms with Crippen LogP contribution < -0.4 is 11.1 Å². The third-order valence-corrected chi connectivity index (χ3v) is 3.62. The van der Waals surface area contributed by atoms with E-state index >= 15 is 0 Å². The number of aromatic nitrogens is 1. The van der Waals surface area contributed by atoms with E-state index in [0.29, 0.717) is 15.7 Å². The molecule has 0 amide bonds. The molecule has 0 unspecified atom stereocenters. The zero-order valence-electron chi connectivity index (χ0n) is 10.4. The van der Waals surface area contributed by atoms with Crippen molar-refractivity contribution in [2.75, 3.05) is 11.1 Å². The highest BCUT2D eigenvalue weighted by molar-refractivity contribution is 6.35. The summed E-state index contributed by atoms with van der Waals surface area (Å²) in [5.74, 6) is 0. The molecule has 0 saturated carbocycles. The van der Waals surface area contributed by atoms with Crippen LogP contribution in [0.15, 0.2) is 48.8 Å². The highest BCUT2D eigenvalue weighted by atomic mass is 35.5. The highest BCUT2D eigenvalue weighted by Gasteiger charge is 2.07. The summed E-state index contributed by atoms with van der Waals surface area (Å²) < 4.78 is 0. The molecule has 3 rings (SSSR count). The van der Waals surface area contributed by atoms with Crippen molar-refractivity contribution >= 4 is 51.0 Å². The van der Waals surface area contributed by atoms with Crippen LogP contribution in [-0.2, 0) is 0 Å². The first-order valence-electron chi connectivity index (χ1n) is 5.99. The van der Waals surface area contributed by atoms with Crippen LogP contribution in [0.5, 0.6) is 0 Å². The number of anilines is 3. The molecule has 0 saturated heterocycles. The molecule has 0 aliphatic heterocycles. The second-order valence-electron chi connectivity index (χ2n) is 4.37. The lowest BCUT2D eigenvalue weighted by atomic mass is 10.1. The van der Waals surface area contributed by atoms with Crippen molar-refractivity contribution in [1.82, 2.24) is 4.98 Å². The summed E-state index contributed by atoms with van der Waals surface area (Å²) in [6.45, 7) is 0. The molecule has 2 aromatic carbocycles. The Hall–Kier alpha value is -1.97. The van der Waals surface area contributed by atoms with Crippen molar-refractivity contribution in [3.05, 3.63) is 58.8 Å². The number of benzene rings is 2. The first-order chi connectivity index (χ1) is 9.65. The number of nitrogens with two attached hydrogens (primary N) is 1. The molecule has 0 aliphatic carbocycles. The van der Waals surface area contributed by atoms with Crippen LogP contribution in [0, 0.1) is 0 Å². The van der Waals surface area contributed by atoms with E-state index in [1.807, 2.05) is 18.2 Å². The Bertz CT molecular complexity index is 787. The van der Waals surface area contributed by atoms with Gasteiger partial charge in [0, 0.05) is 28.2 Å². The van der Waals surface area contributed by atoms with Gasteiger partial charge >= 0.3 is 0 Å². The molecule has 0 atom stereocenters. The zero-order valence-corrected chi connectivity index (χ0v) is 11.9. The van der Waals surface area contributed by atoms with Gasteiger partial charge in [-0.25, -0.2) is 0 Å². The lowest BCUT2D eigenvalue weighted by Crippen LogP contribution is -1.98. The van der Waals surface area contributed by atoms with Gasteiger partial charge in [-0.3, -0.25) is 4.98 Å². The van der Waals surface area contributed by atoms with E-state index in [4.69, 9.17) is 28.9 Å². The number of pyridine rings is 1. The van der Waals surface area contributed by atoms with Crippen LogP contribution in [0.25, 0.3) is 10.8 Å². The molecule has 3 aromatic rings. The quantitative estimate of drug-likeness (QED) is 0.664. The van der Waals surface area contributed by atoms with Crippen molar-refractivity contribution in [3.63, 3.8) is 0 Å². The minimum absolute atomic E-state index is 0.587. The largest absolute Gasteiger partial charge is 0.397 e. The second-order valence-corrected chi connectivity index (χ2v) is 5.22. The molecule has 0 spiro atoms. The number of fused-ring (bicyclic) bond motifs is 1. The maximum absolute atomic E-state index is 6.19. The smallest absolute Gasteiger partial charge is 0.0642 e. The summed E-state index contributed by atoms with van der Waals surface area (Å²) in [6, 6.07) is 11.0. The monoisotopic (exact) mass is 303 g/mol. The van der Waals surface area contributed by atoms with E-state index in [0.717, 1.165) is 22.1 Å². The Labute approximate surface area is 126 Å². The van der Waals surface area contributed by atoms with E-state index in [1.54, 1.807) is 30.6 Å². The fourth-order valence-electron chi connectivity index (χ4n) is 2.04. The minimum atomic E-state index is 0.587. The number of rotatable bonds is 2. The maximum Gasteiger partial charge on any atom is 0.0642 e. The van der Waals surface area contributed by atoms with E-state index in [1.165, 1.54) is 0 Å². The van der Waals surface area contributed by atoms with Gasteiger partial charge in [-0.05, 0) is 30.3 Å². The third kappa shape index (κ3) is 2.38. The van der Waals surface area contributed by atoms with E-state index < -0.39 is 0 Å². The predicted octanol–water partition coefficient (Wildman–Crippen LogP) is 4.87. The number of nitrogens with one attached hydrogen (secondary N) is 1. The van der Waals surface area contributed by atoms with Crippen molar-refractivity contribution < 1.29 is 0 Å². The average molecular weight is 304 g/mol. The Kier molecular flexibility index (Phi) is 3.38. The van der Waals surface area contributed by atoms with Gasteiger partial charge in [0.25, 0.3) is 0 Å². The van der Waals surface area contributed by atoms with Gasteiger partial charge in [0.1, 0.15) is 0 Å². The Morgan fingerprint density at radius 2 is 1.85 bits per heavy atom. The lowest BCUT2D eigenvalue weighted by molar-refractivity contribution is 1.36. The van der Waals surface area contributed by atoms with Crippen molar-refractivity contribution in [1.29, 1.82) is 0 Å². The van der Waals surface area contributed by atoms with Gasteiger partial charge in [0.15, 0.2) is 0 Å². The lowest BCUT2D eigenvalue weighted by Gasteiger charge is -2.13. The van der Waals surface area contributed by atoms with Crippen LogP contribution in [0.2, 0.25) is 10.0 Å². The van der Waals surface area contributed by atoms with Crippen LogP contribution in [-0.4, -0.2) is 4.98 Å². The standard InChI is InChI=1S/C15H11Cl2N3/c16-10-2-3-12(17)14(7-10)20-13-4-1-9-8-19-6-5-11(9)15(13)18/h1-8,20H,18H2. The van der Waals surface area contributed by atoms with Gasteiger partial charge in [0.2, 0.25) is 0 Å². The molecular formula is C15H11Cl2N3. The molecule has 0 bridgehead atoms. The molecule has 0 aliphatic rings. The first kappa shape index (κ1) is 13.0. The molecule has 0 fully saturated rings. The fraction of sp³-hybridized carbons (Fsp3) is 0. The molecule has 3 nitrogen and oxygen atoms in total. The van der Waals surface area contributed by atoms with Crippen LogP contribution in [0.1, 0.15) is 0 Å². The van der Waals surface area contributed by atoms with Crippen molar-refractivity contribution in [2.45, 2.75) is 0 Å². The number of nitrogens with zero attached hydrogens (tertiary/aromatic N) is 1. The number of hydrogen-bond acceptors (Lipinski definition) is 3. The summed E-state index contributed by atoms with van der Waals surface area (Å²) in [5, 5.41) is 6.35. The molecule has 100 valence electrons. The molecule has 1 aromatic heterocycles. The fourth-order valence-corrected chi connectivity index (χ4v) is 2.38. The Morgan fingerprint density at radius 1 is 1.00 bits per heavy atom. The summed E-state index contributed by atoms with van der Waals surface area (Å²) >= 11 is 12.1. The molecule has 5 heteroatoms. The first-order valence-corrected chi connectivity index (χ1v) is 6.75.